The Morgan fingerprint density at radius 3 is 2.56 bits per heavy atom. The largest absolute Gasteiger partial charge is 0.464 e. The zero-order chi connectivity index (χ0) is 11.5. The lowest BCUT2D eigenvalue weighted by molar-refractivity contribution is 0.455. The summed E-state index contributed by atoms with van der Waals surface area (Å²) in [5, 5.41) is 0. The Morgan fingerprint density at radius 2 is 2.00 bits per heavy atom. The summed E-state index contributed by atoms with van der Waals surface area (Å²) in [5.74, 6) is 1.86. The highest BCUT2D eigenvalue weighted by molar-refractivity contribution is 7.12. The maximum Gasteiger partial charge on any atom is 0.126 e. The van der Waals surface area contributed by atoms with Gasteiger partial charge in [0.15, 0.2) is 0 Å². The highest BCUT2D eigenvalue weighted by Gasteiger charge is 2.14. The Hall–Kier alpha value is -1.06. The minimum absolute atomic E-state index is 0.120. The van der Waals surface area contributed by atoms with Gasteiger partial charge in [0, 0.05) is 16.2 Å². The number of thiophene rings is 1. The molecule has 0 saturated carbocycles. The second-order valence-electron chi connectivity index (χ2n) is 3.79. The predicted molar refractivity (Wildman–Crippen MR) is 67.8 cm³/mol. The molecule has 0 aliphatic rings. The molecule has 2 rings (SSSR count). The monoisotopic (exact) mass is 235 g/mol. The molecule has 16 heavy (non-hydrogen) atoms. The Labute approximate surface area is 100 Å². The van der Waals surface area contributed by atoms with E-state index in [-0.39, 0.29) is 6.04 Å². The van der Waals surface area contributed by atoms with E-state index in [1.807, 2.05) is 12.1 Å². The Balaban J connectivity index is 2.20. The van der Waals surface area contributed by atoms with E-state index in [9.17, 15) is 0 Å². The van der Waals surface area contributed by atoms with E-state index in [0.29, 0.717) is 0 Å². The Morgan fingerprint density at radius 1 is 1.19 bits per heavy atom. The molecular formula is C13H17NOS. The molecule has 86 valence electrons. The van der Waals surface area contributed by atoms with Gasteiger partial charge in [-0.25, -0.2) is 0 Å². The smallest absolute Gasteiger partial charge is 0.126 e. The molecule has 2 heterocycles. The molecule has 1 atom stereocenters. The topological polar surface area (TPSA) is 39.2 Å². The molecule has 1 unspecified atom stereocenters. The van der Waals surface area contributed by atoms with Crippen molar-refractivity contribution in [2.24, 2.45) is 5.73 Å². The lowest BCUT2D eigenvalue weighted by Crippen LogP contribution is -2.08. The molecule has 0 aromatic carbocycles. The van der Waals surface area contributed by atoms with Crippen molar-refractivity contribution in [2.75, 3.05) is 0 Å². The normalized spacial score (nSPS) is 12.9. The van der Waals surface area contributed by atoms with Crippen LogP contribution in [0.1, 0.15) is 41.2 Å². The van der Waals surface area contributed by atoms with Crippen LogP contribution in [-0.2, 0) is 12.8 Å². The first-order valence-corrected chi connectivity index (χ1v) is 6.49. The van der Waals surface area contributed by atoms with Crippen molar-refractivity contribution in [3.8, 4) is 0 Å². The minimum Gasteiger partial charge on any atom is -0.464 e. The molecule has 0 saturated heterocycles. The average molecular weight is 235 g/mol. The van der Waals surface area contributed by atoms with Crippen molar-refractivity contribution < 1.29 is 4.42 Å². The highest BCUT2D eigenvalue weighted by atomic mass is 32.1. The van der Waals surface area contributed by atoms with E-state index in [1.165, 1.54) is 9.75 Å². The van der Waals surface area contributed by atoms with Gasteiger partial charge in [-0.05, 0) is 30.7 Å². The third kappa shape index (κ3) is 2.20. The highest BCUT2D eigenvalue weighted by Crippen LogP contribution is 2.28. The third-order valence-corrected chi connectivity index (χ3v) is 3.99. The van der Waals surface area contributed by atoms with Gasteiger partial charge in [-0.2, -0.15) is 0 Å². The van der Waals surface area contributed by atoms with Crippen molar-refractivity contribution in [1.82, 2.24) is 0 Å². The van der Waals surface area contributed by atoms with E-state index >= 15 is 0 Å². The van der Waals surface area contributed by atoms with Crippen molar-refractivity contribution in [1.29, 1.82) is 0 Å². The second kappa shape index (κ2) is 4.85. The minimum atomic E-state index is -0.120. The fourth-order valence-corrected chi connectivity index (χ4v) is 2.61. The summed E-state index contributed by atoms with van der Waals surface area (Å²) in [6.07, 6.45) is 1.98. The van der Waals surface area contributed by atoms with Crippen LogP contribution in [0.25, 0.3) is 0 Å². The summed E-state index contributed by atoms with van der Waals surface area (Å²) in [7, 11) is 0. The fraction of sp³-hybridized carbons (Fsp3) is 0.385. The molecule has 0 spiro atoms. The standard InChI is InChI=1S/C13H17NOS/c1-3-9-5-7-11(15-9)13(14)12-8-6-10(4-2)16-12/h5-8,13H,3-4,14H2,1-2H3. The summed E-state index contributed by atoms with van der Waals surface area (Å²) in [6, 6.07) is 8.11. The van der Waals surface area contributed by atoms with E-state index < -0.39 is 0 Å². The van der Waals surface area contributed by atoms with Crippen LogP contribution in [0.4, 0.5) is 0 Å². The van der Waals surface area contributed by atoms with Crippen LogP contribution in [0.2, 0.25) is 0 Å². The van der Waals surface area contributed by atoms with E-state index in [1.54, 1.807) is 11.3 Å². The number of nitrogens with two attached hydrogens (primary N) is 1. The summed E-state index contributed by atoms with van der Waals surface area (Å²) >= 11 is 1.77. The molecule has 3 heteroatoms. The number of aryl methyl sites for hydroxylation is 2. The van der Waals surface area contributed by atoms with Gasteiger partial charge in [-0.1, -0.05) is 13.8 Å². The van der Waals surface area contributed by atoms with Crippen molar-refractivity contribution in [2.45, 2.75) is 32.7 Å². The van der Waals surface area contributed by atoms with Crippen LogP contribution < -0.4 is 5.73 Å². The van der Waals surface area contributed by atoms with Gasteiger partial charge >= 0.3 is 0 Å². The quantitative estimate of drug-likeness (QED) is 0.880. The molecular weight excluding hydrogens is 218 g/mol. The summed E-state index contributed by atoms with van der Waals surface area (Å²) in [4.78, 5) is 2.54. The zero-order valence-corrected chi connectivity index (χ0v) is 10.5. The first-order chi connectivity index (χ1) is 7.74. The van der Waals surface area contributed by atoms with Gasteiger partial charge in [-0.15, -0.1) is 11.3 Å². The van der Waals surface area contributed by atoms with Crippen LogP contribution >= 0.6 is 11.3 Å². The molecule has 0 radical (unpaired) electrons. The second-order valence-corrected chi connectivity index (χ2v) is 4.99. The van der Waals surface area contributed by atoms with Crippen molar-refractivity contribution >= 4 is 11.3 Å². The van der Waals surface area contributed by atoms with Crippen LogP contribution in [0, 0.1) is 0 Å². The molecule has 0 aliphatic heterocycles. The molecule has 2 nitrogen and oxygen atoms in total. The van der Waals surface area contributed by atoms with Crippen LogP contribution in [-0.4, -0.2) is 0 Å². The van der Waals surface area contributed by atoms with Gasteiger partial charge in [0.2, 0.25) is 0 Å². The predicted octanol–water partition coefficient (Wildman–Crippen LogP) is 3.51. The van der Waals surface area contributed by atoms with Gasteiger partial charge in [-0.3, -0.25) is 0 Å². The Bertz CT molecular complexity index is 416. The molecule has 0 bridgehead atoms. The van der Waals surface area contributed by atoms with Crippen molar-refractivity contribution in [3.05, 3.63) is 45.5 Å². The van der Waals surface area contributed by atoms with Gasteiger partial charge in [0.05, 0.1) is 6.04 Å². The molecule has 0 amide bonds. The maximum atomic E-state index is 6.17. The molecule has 2 aromatic rings. The molecule has 2 N–H and O–H groups in total. The molecule has 0 aliphatic carbocycles. The zero-order valence-electron chi connectivity index (χ0n) is 9.69. The molecule has 2 aromatic heterocycles. The van der Waals surface area contributed by atoms with Gasteiger partial charge < -0.3 is 10.2 Å². The summed E-state index contributed by atoms with van der Waals surface area (Å²) in [6.45, 7) is 4.23. The average Bonchev–Trinajstić information content (AvgIpc) is 2.97. The van der Waals surface area contributed by atoms with Gasteiger partial charge in [0.1, 0.15) is 11.5 Å². The van der Waals surface area contributed by atoms with Crippen LogP contribution in [0.5, 0.6) is 0 Å². The number of hydrogen-bond donors (Lipinski definition) is 1. The van der Waals surface area contributed by atoms with E-state index in [0.717, 1.165) is 24.4 Å². The lowest BCUT2D eigenvalue weighted by atomic mass is 10.2. The number of rotatable bonds is 4. The maximum absolute atomic E-state index is 6.17. The van der Waals surface area contributed by atoms with E-state index in [2.05, 4.69) is 26.0 Å². The Kier molecular flexibility index (Phi) is 3.46. The lowest BCUT2D eigenvalue weighted by Gasteiger charge is -2.05. The SMILES string of the molecule is CCc1ccc(C(N)c2ccc(CC)s2)o1. The van der Waals surface area contributed by atoms with Crippen LogP contribution in [0.15, 0.2) is 28.7 Å². The molecule has 0 fully saturated rings. The van der Waals surface area contributed by atoms with Crippen LogP contribution in [0.3, 0.4) is 0 Å². The number of hydrogen-bond acceptors (Lipinski definition) is 3. The first kappa shape index (κ1) is 11.4. The first-order valence-electron chi connectivity index (χ1n) is 5.67. The van der Waals surface area contributed by atoms with Crippen molar-refractivity contribution in [3.63, 3.8) is 0 Å². The number of furan rings is 1. The van der Waals surface area contributed by atoms with Gasteiger partial charge in [0.25, 0.3) is 0 Å². The summed E-state index contributed by atoms with van der Waals surface area (Å²) < 4.78 is 5.67. The fourth-order valence-electron chi connectivity index (χ4n) is 1.64. The van der Waals surface area contributed by atoms with E-state index in [4.69, 9.17) is 10.2 Å². The summed E-state index contributed by atoms with van der Waals surface area (Å²) in [5.41, 5.74) is 6.17. The third-order valence-electron chi connectivity index (χ3n) is 2.67.